The second-order valence-electron chi connectivity index (χ2n) is 4.34. The summed E-state index contributed by atoms with van der Waals surface area (Å²) in [5.74, 6) is 0.744. The van der Waals surface area contributed by atoms with E-state index in [2.05, 4.69) is 5.10 Å². The molecule has 0 spiro atoms. The Bertz CT molecular complexity index is 600. The van der Waals surface area contributed by atoms with Crippen LogP contribution in [0.4, 0.5) is 0 Å². The average molecular weight is 261 g/mol. The van der Waals surface area contributed by atoms with Gasteiger partial charge in [0.15, 0.2) is 0 Å². The van der Waals surface area contributed by atoms with Gasteiger partial charge in [0.1, 0.15) is 0 Å². The zero-order valence-corrected chi connectivity index (χ0v) is 11.8. The Morgan fingerprint density at radius 2 is 2.05 bits per heavy atom. The Morgan fingerprint density at radius 3 is 2.63 bits per heavy atom. The number of ether oxygens (including phenoxy) is 1. The molecule has 0 aliphatic rings. The maximum Gasteiger partial charge on any atom is 0.253 e. The van der Waals surface area contributed by atoms with Gasteiger partial charge in [0.05, 0.1) is 18.0 Å². The molecule has 5 nitrogen and oxygen atoms in total. The van der Waals surface area contributed by atoms with Crippen LogP contribution in [0.15, 0.2) is 18.2 Å². The number of benzene rings is 1. The Kier molecular flexibility index (Phi) is 3.74. The summed E-state index contributed by atoms with van der Waals surface area (Å²) in [6.45, 7) is 5.37. The summed E-state index contributed by atoms with van der Waals surface area (Å²) in [5, 5.41) is 5.28. The summed E-state index contributed by atoms with van der Waals surface area (Å²) in [7, 11) is 3.44. The van der Waals surface area contributed by atoms with Crippen LogP contribution >= 0.6 is 0 Å². The van der Waals surface area contributed by atoms with Crippen LogP contribution in [0.5, 0.6) is 5.88 Å². The van der Waals surface area contributed by atoms with Gasteiger partial charge in [-0.15, -0.1) is 0 Å². The molecular weight excluding hydrogens is 242 g/mol. The standard InChI is InChI=1S/C14H19N3O2/c1-5-17(6-2)13(18)10-7-8-11-12(9-10)15-16(3)14(11)19-4/h7-9H,5-6H2,1-4H3. The number of hydrogen-bond acceptors (Lipinski definition) is 3. The summed E-state index contributed by atoms with van der Waals surface area (Å²) in [4.78, 5) is 14.1. The number of aryl methyl sites for hydroxylation is 1. The van der Waals surface area contributed by atoms with Crippen molar-refractivity contribution in [2.75, 3.05) is 20.2 Å². The number of nitrogens with zero attached hydrogens (tertiary/aromatic N) is 3. The minimum Gasteiger partial charge on any atom is -0.481 e. The van der Waals surface area contributed by atoms with Crippen molar-refractivity contribution in [3.63, 3.8) is 0 Å². The van der Waals surface area contributed by atoms with Gasteiger partial charge in [0, 0.05) is 25.7 Å². The third-order valence-electron chi connectivity index (χ3n) is 3.27. The van der Waals surface area contributed by atoms with E-state index in [-0.39, 0.29) is 5.91 Å². The molecule has 0 saturated heterocycles. The summed E-state index contributed by atoms with van der Waals surface area (Å²) in [5.41, 5.74) is 1.44. The third kappa shape index (κ3) is 2.28. The zero-order chi connectivity index (χ0) is 14.0. The van der Waals surface area contributed by atoms with Gasteiger partial charge in [-0.1, -0.05) is 0 Å². The lowest BCUT2D eigenvalue weighted by atomic mass is 10.1. The first-order valence-corrected chi connectivity index (χ1v) is 6.42. The van der Waals surface area contributed by atoms with E-state index in [0.717, 1.165) is 10.9 Å². The molecule has 1 heterocycles. The molecule has 0 aliphatic carbocycles. The van der Waals surface area contributed by atoms with Crippen LogP contribution in [0.3, 0.4) is 0 Å². The van der Waals surface area contributed by atoms with E-state index in [1.807, 2.05) is 39.1 Å². The van der Waals surface area contributed by atoms with Crippen molar-refractivity contribution < 1.29 is 9.53 Å². The van der Waals surface area contributed by atoms with Crippen LogP contribution in [0.1, 0.15) is 24.2 Å². The smallest absolute Gasteiger partial charge is 0.253 e. The average Bonchev–Trinajstić information content (AvgIpc) is 2.74. The van der Waals surface area contributed by atoms with Gasteiger partial charge in [-0.3, -0.25) is 4.79 Å². The van der Waals surface area contributed by atoms with Crippen molar-refractivity contribution >= 4 is 16.8 Å². The van der Waals surface area contributed by atoms with E-state index in [9.17, 15) is 4.79 Å². The minimum absolute atomic E-state index is 0.0384. The van der Waals surface area contributed by atoms with Gasteiger partial charge in [-0.25, -0.2) is 4.68 Å². The number of carbonyl (C=O) groups is 1. The summed E-state index contributed by atoms with van der Waals surface area (Å²) in [6.07, 6.45) is 0. The lowest BCUT2D eigenvalue weighted by molar-refractivity contribution is 0.0773. The Labute approximate surface area is 112 Å². The Hall–Kier alpha value is -2.04. The highest BCUT2D eigenvalue weighted by atomic mass is 16.5. The second-order valence-corrected chi connectivity index (χ2v) is 4.34. The molecule has 0 saturated carbocycles. The predicted molar refractivity (Wildman–Crippen MR) is 74.5 cm³/mol. The van der Waals surface area contributed by atoms with Gasteiger partial charge < -0.3 is 9.64 Å². The lowest BCUT2D eigenvalue weighted by Gasteiger charge is -2.18. The fourth-order valence-electron chi connectivity index (χ4n) is 2.25. The Balaban J connectivity index is 2.45. The van der Waals surface area contributed by atoms with E-state index in [4.69, 9.17) is 4.74 Å². The molecule has 1 aromatic carbocycles. The number of hydrogen-bond donors (Lipinski definition) is 0. The quantitative estimate of drug-likeness (QED) is 0.846. The number of amides is 1. The maximum atomic E-state index is 12.3. The molecule has 102 valence electrons. The van der Waals surface area contributed by atoms with E-state index in [0.29, 0.717) is 24.5 Å². The van der Waals surface area contributed by atoms with Crippen molar-refractivity contribution in [2.45, 2.75) is 13.8 Å². The lowest BCUT2D eigenvalue weighted by Crippen LogP contribution is -2.30. The van der Waals surface area contributed by atoms with Gasteiger partial charge in [0.25, 0.3) is 5.91 Å². The second kappa shape index (κ2) is 5.30. The number of methoxy groups -OCH3 is 1. The molecule has 19 heavy (non-hydrogen) atoms. The highest BCUT2D eigenvalue weighted by molar-refractivity contribution is 5.98. The molecule has 1 aromatic heterocycles. The SMILES string of the molecule is CCN(CC)C(=O)c1ccc2c(OC)n(C)nc2c1. The number of rotatable bonds is 4. The minimum atomic E-state index is 0.0384. The van der Waals surface area contributed by atoms with Gasteiger partial charge >= 0.3 is 0 Å². The Morgan fingerprint density at radius 1 is 1.37 bits per heavy atom. The van der Waals surface area contributed by atoms with Crippen LogP contribution in [0.2, 0.25) is 0 Å². The van der Waals surface area contributed by atoms with Crippen molar-refractivity contribution in [3.8, 4) is 5.88 Å². The molecule has 0 bridgehead atoms. The van der Waals surface area contributed by atoms with Gasteiger partial charge in [-0.05, 0) is 32.0 Å². The molecule has 0 unspecified atom stereocenters. The molecule has 2 aromatic rings. The fourth-order valence-corrected chi connectivity index (χ4v) is 2.25. The molecule has 5 heteroatoms. The maximum absolute atomic E-state index is 12.3. The van der Waals surface area contributed by atoms with E-state index in [1.165, 1.54) is 0 Å². The molecule has 0 radical (unpaired) electrons. The van der Waals surface area contributed by atoms with E-state index >= 15 is 0 Å². The first-order valence-electron chi connectivity index (χ1n) is 6.42. The number of carbonyl (C=O) groups excluding carboxylic acids is 1. The summed E-state index contributed by atoms with van der Waals surface area (Å²) in [6, 6.07) is 5.53. The fraction of sp³-hybridized carbons (Fsp3) is 0.429. The molecule has 1 amide bonds. The van der Waals surface area contributed by atoms with Gasteiger partial charge in [-0.2, -0.15) is 5.10 Å². The molecular formula is C14H19N3O2. The van der Waals surface area contributed by atoms with Crippen LogP contribution in [0.25, 0.3) is 10.9 Å². The van der Waals surface area contributed by atoms with E-state index in [1.54, 1.807) is 16.7 Å². The van der Waals surface area contributed by atoms with E-state index < -0.39 is 0 Å². The first-order chi connectivity index (χ1) is 9.12. The summed E-state index contributed by atoms with van der Waals surface area (Å²) < 4.78 is 6.97. The van der Waals surface area contributed by atoms with Gasteiger partial charge in [0.2, 0.25) is 5.88 Å². The van der Waals surface area contributed by atoms with Crippen molar-refractivity contribution in [1.29, 1.82) is 0 Å². The van der Waals surface area contributed by atoms with Crippen molar-refractivity contribution in [2.24, 2.45) is 7.05 Å². The van der Waals surface area contributed by atoms with Crippen molar-refractivity contribution in [3.05, 3.63) is 23.8 Å². The monoisotopic (exact) mass is 261 g/mol. The summed E-state index contributed by atoms with van der Waals surface area (Å²) >= 11 is 0. The molecule has 0 N–H and O–H groups in total. The zero-order valence-electron chi connectivity index (χ0n) is 11.8. The third-order valence-corrected chi connectivity index (χ3v) is 3.27. The van der Waals surface area contributed by atoms with Crippen LogP contribution in [0, 0.1) is 0 Å². The number of fused-ring (bicyclic) bond motifs is 1. The molecule has 0 aliphatic heterocycles. The van der Waals surface area contributed by atoms with Crippen LogP contribution < -0.4 is 4.74 Å². The van der Waals surface area contributed by atoms with Crippen LogP contribution in [-0.2, 0) is 7.05 Å². The number of aromatic nitrogens is 2. The normalized spacial score (nSPS) is 10.7. The molecule has 0 fully saturated rings. The van der Waals surface area contributed by atoms with Crippen LogP contribution in [-0.4, -0.2) is 40.8 Å². The molecule has 2 rings (SSSR count). The molecule has 0 atom stereocenters. The van der Waals surface area contributed by atoms with Crippen molar-refractivity contribution in [1.82, 2.24) is 14.7 Å². The first kappa shape index (κ1) is 13.4. The topological polar surface area (TPSA) is 47.4 Å². The highest BCUT2D eigenvalue weighted by Crippen LogP contribution is 2.25. The largest absolute Gasteiger partial charge is 0.481 e. The highest BCUT2D eigenvalue weighted by Gasteiger charge is 2.15. The predicted octanol–water partition coefficient (Wildman–Crippen LogP) is 2.06.